The second kappa shape index (κ2) is 4.73. The molecule has 1 N–H and O–H groups in total. The number of phenols is 1. The van der Waals surface area contributed by atoms with E-state index >= 15 is 0 Å². The summed E-state index contributed by atoms with van der Waals surface area (Å²) >= 11 is 0. The van der Waals surface area contributed by atoms with Crippen LogP contribution in [0.4, 0.5) is 0 Å². The summed E-state index contributed by atoms with van der Waals surface area (Å²) in [6.45, 7) is 0. The van der Waals surface area contributed by atoms with Gasteiger partial charge in [-0.3, -0.25) is 0 Å². The third-order valence-electron chi connectivity index (χ3n) is 3.44. The van der Waals surface area contributed by atoms with Crippen molar-refractivity contribution in [3.63, 3.8) is 0 Å². The Morgan fingerprint density at radius 3 is 2.67 bits per heavy atom. The van der Waals surface area contributed by atoms with E-state index in [1.807, 2.05) is 36.4 Å². The molecule has 0 aliphatic carbocycles. The molecule has 0 saturated carbocycles. The number of phenolic OH excluding ortho intramolecular Hbond substituents is 1. The average molecular weight is 240 g/mol. The first-order chi connectivity index (χ1) is 8.83. The van der Waals surface area contributed by atoms with Crippen LogP contribution in [0.25, 0.3) is 0 Å². The van der Waals surface area contributed by atoms with Gasteiger partial charge in [0, 0.05) is 6.42 Å². The molecular formula is C16H16O2. The number of rotatable bonds is 3. The molecule has 0 radical (unpaired) electrons. The molecule has 2 heteroatoms. The van der Waals surface area contributed by atoms with Gasteiger partial charge in [0.25, 0.3) is 0 Å². The van der Waals surface area contributed by atoms with Crippen LogP contribution in [-0.4, -0.2) is 11.2 Å². The fraction of sp³-hybridized carbons (Fsp3) is 0.250. The van der Waals surface area contributed by atoms with Crippen LogP contribution in [0.2, 0.25) is 0 Å². The van der Waals surface area contributed by atoms with Crippen molar-refractivity contribution in [3.8, 4) is 11.5 Å². The highest BCUT2D eigenvalue weighted by Gasteiger charge is 2.22. The van der Waals surface area contributed by atoms with Gasteiger partial charge >= 0.3 is 0 Å². The van der Waals surface area contributed by atoms with Crippen molar-refractivity contribution in [1.82, 2.24) is 0 Å². The maximum Gasteiger partial charge on any atom is 0.123 e. The van der Waals surface area contributed by atoms with Crippen molar-refractivity contribution < 1.29 is 9.84 Å². The Kier molecular flexibility index (Phi) is 2.93. The number of aromatic hydroxyl groups is 1. The summed E-state index contributed by atoms with van der Waals surface area (Å²) < 4.78 is 5.89. The Morgan fingerprint density at radius 1 is 1.06 bits per heavy atom. The second-order valence-electron chi connectivity index (χ2n) is 4.72. The summed E-state index contributed by atoms with van der Waals surface area (Å²) in [5.74, 6) is 1.40. The van der Waals surface area contributed by atoms with Gasteiger partial charge < -0.3 is 9.84 Å². The minimum absolute atomic E-state index is 0.238. The van der Waals surface area contributed by atoms with E-state index in [1.54, 1.807) is 6.07 Å². The van der Waals surface area contributed by atoms with Gasteiger partial charge in [0.05, 0.1) is 0 Å². The van der Waals surface area contributed by atoms with Gasteiger partial charge in [0.1, 0.15) is 17.6 Å². The first-order valence-corrected chi connectivity index (χ1v) is 6.34. The van der Waals surface area contributed by atoms with Crippen molar-refractivity contribution >= 4 is 0 Å². The van der Waals surface area contributed by atoms with E-state index in [9.17, 15) is 5.11 Å². The molecular weight excluding hydrogens is 224 g/mol. The van der Waals surface area contributed by atoms with Gasteiger partial charge in [-0.25, -0.2) is 0 Å². The van der Waals surface area contributed by atoms with Crippen molar-refractivity contribution in [2.45, 2.75) is 25.4 Å². The lowest BCUT2D eigenvalue weighted by atomic mass is 10.0. The monoisotopic (exact) mass is 240 g/mol. The molecule has 0 aromatic heterocycles. The van der Waals surface area contributed by atoms with Crippen LogP contribution < -0.4 is 4.74 Å². The van der Waals surface area contributed by atoms with Gasteiger partial charge in [-0.2, -0.15) is 0 Å². The maximum atomic E-state index is 9.72. The minimum Gasteiger partial charge on any atom is -0.508 e. The molecule has 0 saturated heterocycles. The summed E-state index contributed by atoms with van der Waals surface area (Å²) in [7, 11) is 0. The standard InChI is InChI=1S/C16H16O2/c17-15-7-3-1-5-12(15)9-10-14-11-13-6-2-4-8-16(13)18-14/h1-8,14,17H,9-11H2. The summed E-state index contributed by atoms with van der Waals surface area (Å²) in [5, 5.41) is 9.72. The Balaban J connectivity index is 1.62. The maximum absolute atomic E-state index is 9.72. The summed E-state index contributed by atoms with van der Waals surface area (Å²) in [4.78, 5) is 0. The number of hydrogen-bond donors (Lipinski definition) is 1. The number of hydrogen-bond acceptors (Lipinski definition) is 2. The summed E-state index contributed by atoms with van der Waals surface area (Å²) in [6, 6.07) is 15.7. The first-order valence-electron chi connectivity index (χ1n) is 6.34. The molecule has 1 aliphatic rings. The van der Waals surface area contributed by atoms with Gasteiger partial charge in [-0.05, 0) is 36.1 Å². The Bertz CT molecular complexity index is 523. The Hall–Kier alpha value is -1.96. The first kappa shape index (κ1) is 11.1. The van der Waals surface area contributed by atoms with E-state index in [0.717, 1.165) is 30.6 Å². The molecule has 1 aliphatic heterocycles. The van der Waals surface area contributed by atoms with Crippen LogP contribution in [0.1, 0.15) is 17.5 Å². The van der Waals surface area contributed by atoms with Crippen molar-refractivity contribution in [1.29, 1.82) is 0 Å². The SMILES string of the molecule is Oc1ccccc1CCC1Cc2ccccc2O1. The zero-order valence-corrected chi connectivity index (χ0v) is 10.2. The van der Waals surface area contributed by atoms with E-state index in [0.29, 0.717) is 5.75 Å². The molecule has 92 valence electrons. The molecule has 0 amide bonds. The highest BCUT2D eigenvalue weighted by Crippen LogP contribution is 2.30. The summed E-state index contributed by atoms with van der Waals surface area (Å²) in [6.07, 6.45) is 3.00. The number of para-hydroxylation sites is 2. The third-order valence-corrected chi connectivity index (χ3v) is 3.44. The zero-order valence-electron chi connectivity index (χ0n) is 10.2. The predicted molar refractivity (Wildman–Crippen MR) is 71.0 cm³/mol. The lowest BCUT2D eigenvalue weighted by Crippen LogP contribution is -2.13. The zero-order chi connectivity index (χ0) is 12.4. The molecule has 0 bridgehead atoms. The predicted octanol–water partition coefficient (Wildman–Crippen LogP) is 3.33. The third kappa shape index (κ3) is 2.19. The molecule has 1 unspecified atom stereocenters. The molecule has 18 heavy (non-hydrogen) atoms. The van der Waals surface area contributed by atoms with Crippen molar-refractivity contribution in [2.75, 3.05) is 0 Å². The number of benzene rings is 2. The van der Waals surface area contributed by atoms with E-state index in [2.05, 4.69) is 6.07 Å². The fourth-order valence-corrected chi connectivity index (χ4v) is 2.45. The average Bonchev–Trinajstić information content (AvgIpc) is 2.80. The molecule has 0 fully saturated rings. The van der Waals surface area contributed by atoms with Crippen molar-refractivity contribution in [3.05, 3.63) is 59.7 Å². The molecule has 0 spiro atoms. The largest absolute Gasteiger partial charge is 0.508 e. The van der Waals surface area contributed by atoms with Crippen molar-refractivity contribution in [2.24, 2.45) is 0 Å². The van der Waals surface area contributed by atoms with Gasteiger partial charge in [0.15, 0.2) is 0 Å². The van der Waals surface area contributed by atoms with Crippen LogP contribution in [0.3, 0.4) is 0 Å². The fourth-order valence-electron chi connectivity index (χ4n) is 2.45. The molecule has 2 nitrogen and oxygen atoms in total. The molecule has 3 rings (SSSR count). The van der Waals surface area contributed by atoms with Gasteiger partial charge in [-0.1, -0.05) is 36.4 Å². The minimum atomic E-state index is 0.238. The van der Waals surface area contributed by atoms with Crippen LogP contribution in [-0.2, 0) is 12.8 Å². The van der Waals surface area contributed by atoms with E-state index in [-0.39, 0.29) is 6.10 Å². The van der Waals surface area contributed by atoms with Crippen LogP contribution in [0, 0.1) is 0 Å². The van der Waals surface area contributed by atoms with E-state index in [1.165, 1.54) is 5.56 Å². The summed E-state index contributed by atoms with van der Waals surface area (Å²) in [5.41, 5.74) is 2.29. The Morgan fingerprint density at radius 2 is 1.83 bits per heavy atom. The van der Waals surface area contributed by atoms with Crippen LogP contribution >= 0.6 is 0 Å². The lowest BCUT2D eigenvalue weighted by Gasteiger charge is -2.11. The van der Waals surface area contributed by atoms with E-state index < -0.39 is 0 Å². The van der Waals surface area contributed by atoms with Crippen LogP contribution in [0.15, 0.2) is 48.5 Å². The highest BCUT2D eigenvalue weighted by atomic mass is 16.5. The van der Waals surface area contributed by atoms with E-state index in [4.69, 9.17) is 4.74 Å². The number of aryl methyl sites for hydroxylation is 1. The topological polar surface area (TPSA) is 29.5 Å². The molecule has 1 heterocycles. The number of ether oxygens (including phenoxy) is 1. The second-order valence-corrected chi connectivity index (χ2v) is 4.72. The smallest absolute Gasteiger partial charge is 0.123 e. The number of fused-ring (bicyclic) bond motifs is 1. The van der Waals surface area contributed by atoms with Gasteiger partial charge in [-0.15, -0.1) is 0 Å². The highest BCUT2D eigenvalue weighted by molar-refractivity contribution is 5.37. The Labute approximate surface area is 107 Å². The normalized spacial score (nSPS) is 17.2. The molecule has 2 aromatic carbocycles. The quantitative estimate of drug-likeness (QED) is 0.891. The lowest BCUT2D eigenvalue weighted by molar-refractivity contribution is 0.221. The van der Waals surface area contributed by atoms with Gasteiger partial charge in [0.2, 0.25) is 0 Å². The van der Waals surface area contributed by atoms with Crippen LogP contribution in [0.5, 0.6) is 11.5 Å². The molecule has 1 atom stereocenters. The molecule has 2 aromatic rings.